The lowest BCUT2D eigenvalue weighted by atomic mass is 10.00. The van der Waals surface area contributed by atoms with E-state index in [0.29, 0.717) is 18.1 Å². The van der Waals surface area contributed by atoms with Crippen molar-refractivity contribution >= 4 is 5.91 Å². The van der Waals surface area contributed by atoms with E-state index in [9.17, 15) is 4.79 Å². The van der Waals surface area contributed by atoms with Crippen LogP contribution in [0.25, 0.3) is 11.3 Å². The molecule has 0 N–H and O–H groups in total. The summed E-state index contributed by atoms with van der Waals surface area (Å²) < 4.78 is 5.30. The van der Waals surface area contributed by atoms with Gasteiger partial charge in [-0.1, -0.05) is 5.16 Å². The van der Waals surface area contributed by atoms with Crippen LogP contribution in [0.5, 0.6) is 0 Å². The molecule has 28 heavy (non-hydrogen) atoms. The summed E-state index contributed by atoms with van der Waals surface area (Å²) in [5.74, 6) is 1.26. The molecule has 1 atom stereocenters. The molecule has 3 aromatic rings. The van der Waals surface area contributed by atoms with Crippen molar-refractivity contribution < 1.29 is 9.32 Å². The lowest BCUT2D eigenvalue weighted by Crippen LogP contribution is -2.39. The van der Waals surface area contributed by atoms with Crippen molar-refractivity contribution in [2.75, 3.05) is 6.54 Å². The summed E-state index contributed by atoms with van der Waals surface area (Å²) in [5, 5.41) is 4.03. The fourth-order valence-electron chi connectivity index (χ4n) is 3.72. The monoisotopic (exact) mass is 378 g/mol. The minimum Gasteiger partial charge on any atom is -0.361 e. The average Bonchev–Trinajstić information content (AvgIpc) is 3.06. The number of amides is 1. The zero-order chi connectivity index (χ0) is 19.7. The highest BCUT2D eigenvalue weighted by atomic mass is 16.5. The first kappa shape index (κ1) is 18.2. The van der Waals surface area contributed by atoms with Crippen molar-refractivity contribution in [3.63, 3.8) is 0 Å². The maximum absolute atomic E-state index is 13.0. The molecule has 4 rings (SSSR count). The van der Waals surface area contributed by atoms with Crippen LogP contribution in [0.15, 0.2) is 29.2 Å². The first-order valence-corrected chi connectivity index (χ1v) is 9.40. The predicted octanol–water partition coefficient (Wildman–Crippen LogP) is 3.21. The van der Waals surface area contributed by atoms with Gasteiger partial charge in [0, 0.05) is 18.4 Å². The predicted molar refractivity (Wildman–Crippen MR) is 101 cm³/mol. The van der Waals surface area contributed by atoms with Crippen molar-refractivity contribution in [3.05, 3.63) is 53.3 Å². The second-order valence-electron chi connectivity index (χ2n) is 7.06. The van der Waals surface area contributed by atoms with Crippen LogP contribution in [0.4, 0.5) is 0 Å². The van der Waals surface area contributed by atoms with Crippen molar-refractivity contribution in [2.24, 2.45) is 0 Å². The van der Waals surface area contributed by atoms with E-state index in [-0.39, 0.29) is 11.9 Å². The average molecular weight is 378 g/mol. The molecular weight excluding hydrogens is 356 g/mol. The van der Waals surface area contributed by atoms with Gasteiger partial charge in [-0.3, -0.25) is 4.79 Å². The van der Waals surface area contributed by atoms with Gasteiger partial charge in [-0.15, -0.1) is 0 Å². The standard InChI is InChI=1S/C20H22N6O2/c1-12-10-16(18-13(2)25-28-14(18)3)24-19(23-12)17-6-4-5-9-26(17)20(27)15-7-8-21-11-22-15/h7-8,10-11,17H,4-6,9H2,1-3H3. The van der Waals surface area contributed by atoms with Gasteiger partial charge in [0.05, 0.1) is 23.0 Å². The molecule has 1 aliphatic heterocycles. The van der Waals surface area contributed by atoms with Gasteiger partial charge >= 0.3 is 0 Å². The van der Waals surface area contributed by atoms with Crippen LogP contribution in [-0.4, -0.2) is 42.4 Å². The van der Waals surface area contributed by atoms with Gasteiger partial charge in [0.15, 0.2) is 5.82 Å². The molecule has 8 heteroatoms. The molecule has 0 aliphatic carbocycles. The second-order valence-corrected chi connectivity index (χ2v) is 7.06. The number of rotatable bonds is 3. The SMILES string of the molecule is Cc1cc(-c2c(C)noc2C)nc(C2CCCCN2C(=O)c2ccncn2)n1. The van der Waals surface area contributed by atoms with E-state index >= 15 is 0 Å². The molecule has 0 aromatic carbocycles. The van der Waals surface area contributed by atoms with Crippen LogP contribution in [-0.2, 0) is 0 Å². The van der Waals surface area contributed by atoms with E-state index in [1.165, 1.54) is 6.33 Å². The maximum Gasteiger partial charge on any atom is 0.273 e. The summed E-state index contributed by atoms with van der Waals surface area (Å²) in [6.07, 6.45) is 5.77. The van der Waals surface area contributed by atoms with Gasteiger partial charge in [-0.25, -0.2) is 19.9 Å². The van der Waals surface area contributed by atoms with Crippen LogP contribution in [0.3, 0.4) is 0 Å². The van der Waals surface area contributed by atoms with Gasteiger partial charge in [0.25, 0.3) is 5.91 Å². The van der Waals surface area contributed by atoms with Crippen molar-refractivity contribution in [2.45, 2.75) is 46.1 Å². The molecule has 1 fully saturated rings. The third-order valence-electron chi connectivity index (χ3n) is 5.02. The van der Waals surface area contributed by atoms with Crippen LogP contribution >= 0.6 is 0 Å². The zero-order valence-electron chi connectivity index (χ0n) is 16.2. The first-order chi connectivity index (χ1) is 13.5. The molecule has 0 bridgehead atoms. The zero-order valence-corrected chi connectivity index (χ0v) is 16.2. The number of nitrogens with zero attached hydrogens (tertiary/aromatic N) is 6. The Labute approximate surface area is 163 Å². The number of likely N-dealkylation sites (tertiary alicyclic amines) is 1. The van der Waals surface area contributed by atoms with Gasteiger partial charge in [0.1, 0.15) is 17.8 Å². The molecule has 1 amide bonds. The highest BCUT2D eigenvalue weighted by molar-refractivity contribution is 5.92. The third kappa shape index (κ3) is 3.37. The summed E-state index contributed by atoms with van der Waals surface area (Å²) in [7, 11) is 0. The topological polar surface area (TPSA) is 97.9 Å². The van der Waals surface area contributed by atoms with Crippen molar-refractivity contribution in [1.82, 2.24) is 30.0 Å². The van der Waals surface area contributed by atoms with Crippen molar-refractivity contribution in [1.29, 1.82) is 0 Å². The van der Waals surface area contributed by atoms with E-state index in [0.717, 1.165) is 47.7 Å². The van der Waals surface area contributed by atoms with E-state index in [4.69, 9.17) is 9.51 Å². The van der Waals surface area contributed by atoms with Gasteiger partial charge in [-0.2, -0.15) is 0 Å². The highest BCUT2D eigenvalue weighted by Crippen LogP contribution is 2.32. The van der Waals surface area contributed by atoms with Crippen molar-refractivity contribution in [3.8, 4) is 11.3 Å². The minimum absolute atomic E-state index is 0.115. The molecule has 0 spiro atoms. The second kappa shape index (κ2) is 7.46. The van der Waals surface area contributed by atoms with Gasteiger partial charge < -0.3 is 9.42 Å². The fraction of sp³-hybridized carbons (Fsp3) is 0.400. The van der Waals surface area contributed by atoms with Crippen LogP contribution in [0.1, 0.15) is 58.8 Å². The lowest BCUT2D eigenvalue weighted by Gasteiger charge is -2.34. The molecule has 0 radical (unpaired) electrons. The highest BCUT2D eigenvalue weighted by Gasteiger charge is 2.32. The van der Waals surface area contributed by atoms with E-state index in [1.54, 1.807) is 12.3 Å². The third-order valence-corrected chi connectivity index (χ3v) is 5.02. The van der Waals surface area contributed by atoms with Gasteiger partial charge in [0.2, 0.25) is 0 Å². The Morgan fingerprint density at radius 2 is 2.07 bits per heavy atom. The Balaban J connectivity index is 1.73. The summed E-state index contributed by atoms with van der Waals surface area (Å²) in [4.78, 5) is 32.4. The smallest absolute Gasteiger partial charge is 0.273 e. The Morgan fingerprint density at radius 1 is 1.21 bits per heavy atom. The molecule has 0 saturated carbocycles. The van der Waals surface area contributed by atoms with E-state index < -0.39 is 0 Å². The largest absolute Gasteiger partial charge is 0.361 e. The quantitative estimate of drug-likeness (QED) is 0.690. The lowest BCUT2D eigenvalue weighted by molar-refractivity contribution is 0.0593. The van der Waals surface area contributed by atoms with Crippen LogP contribution in [0.2, 0.25) is 0 Å². The van der Waals surface area contributed by atoms with Gasteiger partial charge in [-0.05, 0) is 52.2 Å². The summed E-state index contributed by atoms with van der Waals surface area (Å²) in [5.41, 5.74) is 3.69. The molecule has 3 aromatic heterocycles. The summed E-state index contributed by atoms with van der Waals surface area (Å²) in [6.45, 7) is 6.37. The van der Waals surface area contributed by atoms with Crippen LogP contribution < -0.4 is 0 Å². The number of carbonyl (C=O) groups excluding carboxylic acids is 1. The fourth-order valence-corrected chi connectivity index (χ4v) is 3.72. The number of aromatic nitrogens is 5. The molecule has 8 nitrogen and oxygen atoms in total. The molecule has 1 saturated heterocycles. The Bertz CT molecular complexity index is 982. The number of aryl methyl sites for hydroxylation is 3. The Hall–Kier alpha value is -3.16. The maximum atomic E-state index is 13.0. The minimum atomic E-state index is -0.185. The number of hydrogen-bond acceptors (Lipinski definition) is 7. The van der Waals surface area contributed by atoms with E-state index in [2.05, 4.69) is 20.1 Å². The first-order valence-electron chi connectivity index (χ1n) is 9.40. The molecule has 1 unspecified atom stereocenters. The number of piperidine rings is 1. The van der Waals surface area contributed by atoms with E-state index in [1.807, 2.05) is 31.7 Å². The number of carbonyl (C=O) groups is 1. The molecule has 1 aliphatic rings. The normalized spacial score (nSPS) is 17.0. The molecular formula is C20H22N6O2. The number of hydrogen-bond donors (Lipinski definition) is 0. The molecule has 144 valence electrons. The summed E-state index contributed by atoms with van der Waals surface area (Å²) in [6, 6.07) is 3.38. The Morgan fingerprint density at radius 3 is 2.79 bits per heavy atom. The Kier molecular flexibility index (Phi) is 4.85. The molecule has 4 heterocycles. The van der Waals surface area contributed by atoms with Crippen LogP contribution in [0, 0.1) is 20.8 Å². The summed E-state index contributed by atoms with van der Waals surface area (Å²) >= 11 is 0.